The number of aliphatic carboxylic acids is 1. The van der Waals surface area contributed by atoms with Crippen LogP contribution in [0.3, 0.4) is 0 Å². The van der Waals surface area contributed by atoms with Crippen LogP contribution in [0.25, 0.3) is 10.6 Å². The summed E-state index contributed by atoms with van der Waals surface area (Å²) in [5.74, 6) is -1.21. The Morgan fingerprint density at radius 2 is 2.04 bits per heavy atom. The molecule has 1 amide bonds. The molecule has 0 bridgehead atoms. The van der Waals surface area contributed by atoms with Gasteiger partial charge in [-0.05, 0) is 18.1 Å². The van der Waals surface area contributed by atoms with E-state index in [4.69, 9.17) is 4.42 Å². The number of hydrogen-bond donors (Lipinski definition) is 2. The van der Waals surface area contributed by atoms with Crippen LogP contribution in [-0.4, -0.2) is 28.5 Å². The maximum atomic E-state index is 12.4. The number of benzene rings is 1. The molecule has 0 saturated carbocycles. The van der Waals surface area contributed by atoms with E-state index in [1.807, 2.05) is 24.4 Å². The predicted octanol–water partition coefficient (Wildman–Crippen LogP) is 3.49. The molecule has 0 aliphatic heterocycles. The van der Waals surface area contributed by atoms with Crippen molar-refractivity contribution in [1.29, 1.82) is 0 Å². The molecule has 6 nitrogen and oxygen atoms in total. The lowest BCUT2D eigenvalue weighted by atomic mass is 9.78. The zero-order valence-electron chi connectivity index (χ0n) is 14.8. The van der Waals surface area contributed by atoms with Gasteiger partial charge in [0.25, 0.3) is 0 Å². The molecule has 3 aromatic rings. The molecule has 1 aromatic carbocycles. The fourth-order valence-corrected chi connectivity index (χ4v) is 3.73. The zero-order chi connectivity index (χ0) is 19.3. The molecular formula is C20H20N2O4S. The Hall–Kier alpha value is -2.93. The van der Waals surface area contributed by atoms with Crippen LogP contribution in [0.1, 0.15) is 24.6 Å². The summed E-state index contributed by atoms with van der Waals surface area (Å²) in [6, 6.07) is 10.8. The molecule has 7 heteroatoms. The predicted molar refractivity (Wildman–Crippen MR) is 103 cm³/mol. The fraction of sp³-hybridized carbons (Fsp3) is 0.250. The molecule has 0 radical (unpaired) electrons. The molecule has 140 valence electrons. The number of rotatable bonds is 8. The number of furan rings is 1. The van der Waals surface area contributed by atoms with Gasteiger partial charge in [-0.1, -0.05) is 37.3 Å². The Bertz CT molecular complexity index is 905. The highest BCUT2D eigenvalue weighted by atomic mass is 32.1. The van der Waals surface area contributed by atoms with Crippen molar-refractivity contribution in [3.8, 4) is 10.6 Å². The van der Waals surface area contributed by atoms with Gasteiger partial charge in [-0.25, -0.2) is 4.98 Å². The molecule has 1 unspecified atom stereocenters. The van der Waals surface area contributed by atoms with Gasteiger partial charge in [0.05, 0.1) is 18.4 Å². The van der Waals surface area contributed by atoms with Crippen molar-refractivity contribution < 1.29 is 19.1 Å². The van der Waals surface area contributed by atoms with Gasteiger partial charge in [0.15, 0.2) is 0 Å². The van der Waals surface area contributed by atoms with E-state index in [9.17, 15) is 14.7 Å². The molecule has 0 fully saturated rings. The maximum Gasteiger partial charge on any atom is 0.315 e. The topological polar surface area (TPSA) is 92.4 Å². The summed E-state index contributed by atoms with van der Waals surface area (Å²) in [5, 5.41) is 15.2. The number of hydrogen-bond acceptors (Lipinski definition) is 5. The Morgan fingerprint density at radius 1 is 1.26 bits per heavy atom. The van der Waals surface area contributed by atoms with Crippen LogP contribution in [0.15, 0.2) is 58.7 Å². The van der Waals surface area contributed by atoms with Gasteiger partial charge < -0.3 is 14.8 Å². The SMILES string of the molecule is CCC(CNC(=O)Cc1csc(-c2ccoc2)n1)(C(=O)O)c1ccccc1. The minimum atomic E-state index is -1.15. The Morgan fingerprint density at radius 3 is 2.67 bits per heavy atom. The normalized spacial score (nSPS) is 13.1. The van der Waals surface area contributed by atoms with Crippen LogP contribution in [-0.2, 0) is 21.4 Å². The summed E-state index contributed by atoms with van der Waals surface area (Å²) in [4.78, 5) is 28.8. The second-order valence-corrected chi connectivity index (χ2v) is 7.07. The quantitative estimate of drug-likeness (QED) is 0.620. The van der Waals surface area contributed by atoms with Gasteiger partial charge in [-0.3, -0.25) is 9.59 Å². The standard InChI is InChI=1S/C20H20N2O4S/c1-2-20(19(24)25,15-6-4-3-5-7-15)13-21-17(23)10-16-12-27-18(22-16)14-8-9-26-11-14/h3-9,11-12H,2,10,13H2,1H3,(H,21,23)(H,24,25). The monoisotopic (exact) mass is 384 g/mol. The highest BCUT2D eigenvalue weighted by Crippen LogP contribution is 2.28. The van der Waals surface area contributed by atoms with E-state index < -0.39 is 11.4 Å². The summed E-state index contributed by atoms with van der Waals surface area (Å²) < 4.78 is 5.04. The van der Waals surface area contributed by atoms with Crippen molar-refractivity contribution >= 4 is 23.2 Å². The number of aromatic nitrogens is 1. The molecule has 2 aromatic heterocycles. The van der Waals surface area contributed by atoms with E-state index in [0.29, 0.717) is 17.7 Å². The number of amides is 1. The lowest BCUT2D eigenvalue weighted by molar-refractivity contribution is -0.144. The number of thiazole rings is 1. The first-order valence-corrected chi connectivity index (χ1v) is 9.45. The molecule has 27 heavy (non-hydrogen) atoms. The Balaban J connectivity index is 1.67. The molecule has 2 heterocycles. The van der Waals surface area contributed by atoms with E-state index in [1.54, 1.807) is 36.8 Å². The average Bonchev–Trinajstić information content (AvgIpc) is 3.35. The number of carboxylic acids is 1. The minimum Gasteiger partial charge on any atom is -0.481 e. The minimum absolute atomic E-state index is 0.0282. The first kappa shape index (κ1) is 18.8. The summed E-state index contributed by atoms with van der Waals surface area (Å²) >= 11 is 1.43. The largest absolute Gasteiger partial charge is 0.481 e. The van der Waals surface area contributed by atoms with E-state index in [2.05, 4.69) is 10.3 Å². The summed E-state index contributed by atoms with van der Waals surface area (Å²) in [7, 11) is 0. The lowest BCUT2D eigenvalue weighted by Gasteiger charge is -2.29. The number of carbonyl (C=O) groups excluding carboxylic acids is 1. The van der Waals surface area contributed by atoms with Gasteiger partial charge >= 0.3 is 5.97 Å². The van der Waals surface area contributed by atoms with E-state index in [0.717, 1.165) is 10.6 Å². The van der Waals surface area contributed by atoms with Gasteiger partial charge in [0.2, 0.25) is 5.91 Å². The smallest absolute Gasteiger partial charge is 0.315 e. The number of carboxylic acid groups (broad SMARTS) is 1. The maximum absolute atomic E-state index is 12.4. The number of nitrogens with one attached hydrogen (secondary N) is 1. The van der Waals surface area contributed by atoms with Crippen LogP contribution in [0.5, 0.6) is 0 Å². The summed E-state index contributed by atoms with van der Waals surface area (Å²) in [6.07, 6.45) is 3.64. The summed E-state index contributed by atoms with van der Waals surface area (Å²) in [5.41, 5.74) is 1.04. The first-order valence-electron chi connectivity index (χ1n) is 8.58. The van der Waals surface area contributed by atoms with Crippen molar-refractivity contribution in [2.24, 2.45) is 0 Å². The molecule has 3 rings (SSSR count). The van der Waals surface area contributed by atoms with Crippen molar-refractivity contribution in [3.05, 3.63) is 65.6 Å². The molecule has 1 atom stereocenters. The summed E-state index contributed by atoms with van der Waals surface area (Å²) in [6.45, 7) is 1.84. The lowest BCUT2D eigenvalue weighted by Crippen LogP contribution is -2.46. The zero-order valence-corrected chi connectivity index (χ0v) is 15.7. The highest BCUT2D eigenvalue weighted by Gasteiger charge is 2.38. The molecule has 0 aliphatic carbocycles. The highest BCUT2D eigenvalue weighted by molar-refractivity contribution is 7.13. The van der Waals surface area contributed by atoms with Crippen LogP contribution in [0, 0.1) is 0 Å². The Labute approximate surface area is 160 Å². The van der Waals surface area contributed by atoms with Crippen molar-refractivity contribution in [3.63, 3.8) is 0 Å². The third-order valence-corrected chi connectivity index (χ3v) is 5.53. The van der Waals surface area contributed by atoms with Gasteiger partial charge in [0, 0.05) is 17.5 Å². The fourth-order valence-electron chi connectivity index (χ4n) is 2.92. The van der Waals surface area contributed by atoms with Gasteiger partial charge in [0.1, 0.15) is 16.7 Å². The van der Waals surface area contributed by atoms with Crippen LogP contribution < -0.4 is 5.32 Å². The second kappa shape index (κ2) is 8.18. The van der Waals surface area contributed by atoms with Crippen LogP contribution >= 0.6 is 11.3 Å². The van der Waals surface area contributed by atoms with Crippen LogP contribution in [0.2, 0.25) is 0 Å². The second-order valence-electron chi connectivity index (χ2n) is 6.22. The number of nitrogens with zero attached hydrogens (tertiary/aromatic N) is 1. The van der Waals surface area contributed by atoms with Crippen molar-refractivity contribution in [2.75, 3.05) is 6.54 Å². The average molecular weight is 384 g/mol. The first-order chi connectivity index (χ1) is 13.0. The van der Waals surface area contributed by atoms with E-state index >= 15 is 0 Å². The van der Waals surface area contributed by atoms with Crippen molar-refractivity contribution in [1.82, 2.24) is 10.3 Å². The molecular weight excluding hydrogens is 364 g/mol. The third-order valence-electron chi connectivity index (χ3n) is 4.59. The molecule has 2 N–H and O–H groups in total. The molecule has 0 saturated heterocycles. The molecule has 0 aliphatic rings. The number of carbonyl (C=O) groups is 2. The van der Waals surface area contributed by atoms with Crippen molar-refractivity contribution in [2.45, 2.75) is 25.2 Å². The van der Waals surface area contributed by atoms with Gasteiger partial charge in [-0.15, -0.1) is 11.3 Å². The molecule has 0 spiro atoms. The van der Waals surface area contributed by atoms with Gasteiger partial charge in [-0.2, -0.15) is 0 Å². The van der Waals surface area contributed by atoms with E-state index in [1.165, 1.54) is 11.3 Å². The Kier molecular flexibility index (Phi) is 5.71. The van der Waals surface area contributed by atoms with E-state index in [-0.39, 0.29) is 18.9 Å². The van der Waals surface area contributed by atoms with Crippen LogP contribution in [0.4, 0.5) is 0 Å². The third kappa shape index (κ3) is 4.09.